The molecule has 5 heteroatoms. The second-order valence-corrected chi connectivity index (χ2v) is 8.30. The fourth-order valence-electron chi connectivity index (χ4n) is 3.02. The molecule has 156 valence electrons. The third-order valence-electron chi connectivity index (χ3n) is 4.73. The minimum atomic E-state index is -0.429. The van der Waals surface area contributed by atoms with E-state index in [1.165, 1.54) is 11.1 Å². The molecule has 3 rings (SSSR count). The van der Waals surface area contributed by atoms with Crippen molar-refractivity contribution in [3.8, 4) is 11.8 Å². The standard InChI is InChI=1S/C26H23IN2O2/c1-3-19-7-10-23(11-8-19)29-26(30)22(16-28)14-20-9-12-25(24(27)15-20)31-17-21-6-4-5-18(2)13-21/h4-15H,3,17H2,1-2H3,(H,29,30)/b22-14+. The zero-order valence-electron chi connectivity index (χ0n) is 17.5. The number of nitrogens with zero attached hydrogens (tertiary/aromatic N) is 1. The van der Waals surface area contributed by atoms with Crippen LogP contribution < -0.4 is 10.1 Å². The van der Waals surface area contributed by atoms with Crippen molar-refractivity contribution in [3.63, 3.8) is 0 Å². The van der Waals surface area contributed by atoms with Gasteiger partial charge < -0.3 is 10.1 Å². The maximum Gasteiger partial charge on any atom is 0.266 e. The van der Waals surface area contributed by atoms with Crippen LogP contribution in [-0.4, -0.2) is 5.91 Å². The van der Waals surface area contributed by atoms with Gasteiger partial charge >= 0.3 is 0 Å². The lowest BCUT2D eigenvalue weighted by molar-refractivity contribution is -0.112. The maximum absolute atomic E-state index is 12.5. The van der Waals surface area contributed by atoms with Crippen molar-refractivity contribution in [2.45, 2.75) is 26.9 Å². The molecule has 0 spiro atoms. The molecule has 0 saturated heterocycles. The Morgan fingerprint density at radius 3 is 2.52 bits per heavy atom. The third kappa shape index (κ3) is 6.43. The van der Waals surface area contributed by atoms with Gasteiger partial charge in [0.05, 0.1) is 3.57 Å². The zero-order valence-corrected chi connectivity index (χ0v) is 19.6. The molecule has 3 aromatic carbocycles. The second-order valence-electron chi connectivity index (χ2n) is 7.14. The molecule has 0 aliphatic carbocycles. The van der Waals surface area contributed by atoms with Crippen LogP contribution in [-0.2, 0) is 17.8 Å². The molecule has 0 fully saturated rings. The predicted octanol–water partition coefficient (Wildman–Crippen LogP) is 6.29. The Morgan fingerprint density at radius 1 is 1.10 bits per heavy atom. The van der Waals surface area contributed by atoms with Gasteiger partial charge in [-0.2, -0.15) is 5.26 Å². The lowest BCUT2D eigenvalue weighted by Crippen LogP contribution is -2.13. The lowest BCUT2D eigenvalue weighted by atomic mass is 10.1. The van der Waals surface area contributed by atoms with Crippen molar-refractivity contribution in [2.75, 3.05) is 5.32 Å². The molecule has 4 nitrogen and oxygen atoms in total. The Labute approximate surface area is 196 Å². The van der Waals surface area contributed by atoms with Gasteiger partial charge in [0.15, 0.2) is 0 Å². The van der Waals surface area contributed by atoms with Crippen LogP contribution in [0.3, 0.4) is 0 Å². The summed E-state index contributed by atoms with van der Waals surface area (Å²) in [5, 5.41) is 12.2. The largest absolute Gasteiger partial charge is 0.488 e. The van der Waals surface area contributed by atoms with Crippen LogP contribution in [0.4, 0.5) is 5.69 Å². The number of nitrogens with one attached hydrogen (secondary N) is 1. The van der Waals surface area contributed by atoms with E-state index >= 15 is 0 Å². The first-order valence-corrected chi connectivity index (χ1v) is 11.1. The van der Waals surface area contributed by atoms with Crippen LogP contribution in [0.15, 0.2) is 72.3 Å². The smallest absolute Gasteiger partial charge is 0.266 e. The summed E-state index contributed by atoms with van der Waals surface area (Å²) in [5.41, 5.74) is 4.96. The quantitative estimate of drug-likeness (QED) is 0.226. The second kappa shape index (κ2) is 10.8. The molecule has 0 atom stereocenters. The highest BCUT2D eigenvalue weighted by molar-refractivity contribution is 14.1. The summed E-state index contributed by atoms with van der Waals surface area (Å²) in [4.78, 5) is 12.5. The van der Waals surface area contributed by atoms with E-state index in [1.807, 2.05) is 60.7 Å². The van der Waals surface area contributed by atoms with Crippen LogP contribution in [0.2, 0.25) is 0 Å². The summed E-state index contributed by atoms with van der Waals surface area (Å²) < 4.78 is 6.85. The van der Waals surface area contributed by atoms with Crippen LogP contribution in [0.5, 0.6) is 5.75 Å². The van der Waals surface area contributed by atoms with Crippen LogP contribution in [0, 0.1) is 21.8 Å². The summed E-state index contributed by atoms with van der Waals surface area (Å²) in [5.74, 6) is 0.333. The van der Waals surface area contributed by atoms with E-state index in [4.69, 9.17) is 4.74 Å². The van der Waals surface area contributed by atoms with Gasteiger partial charge in [-0.05, 0) is 83.0 Å². The molecule has 0 aliphatic heterocycles. The number of hydrogen-bond acceptors (Lipinski definition) is 3. The lowest BCUT2D eigenvalue weighted by Gasteiger charge is -2.10. The topological polar surface area (TPSA) is 62.1 Å². The molecule has 1 amide bonds. The number of anilines is 1. The van der Waals surface area contributed by atoms with Gasteiger partial charge in [0, 0.05) is 5.69 Å². The molecule has 1 N–H and O–H groups in total. The van der Waals surface area contributed by atoms with Crippen molar-refractivity contribution in [1.82, 2.24) is 0 Å². The number of ether oxygens (including phenoxy) is 1. The highest BCUT2D eigenvalue weighted by Crippen LogP contribution is 2.24. The number of halogens is 1. The Hall–Kier alpha value is -3.11. The molecule has 0 aliphatic rings. The van der Waals surface area contributed by atoms with Gasteiger partial charge in [0.25, 0.3) is 5.91 Å². The van der Waals surface area contributed by atoms with Gasteiger partial charge in [0.2, 0.25) is 0 Å². The van der Waals surface area contributed by atoms with Crippen LogP contribution in [0.1, 0.15) is 29.2 Å². The van der Waals surface area contributed by atoms with Crippen molar-refractivity contribution >= 4 is 40.3 Å². The average Bonchev–Trinajstić information content (AvgIpc) is 2.77. The zero-order chi connectivity index (χ0) is 22.2. The predicted molar refractivity (Wildman–Crippen MR) is 133 cm³/mol. The monoisotopic (exact) mass is 522 g/mol. The Kier molecular flexibility index (Phi) is 7.85. The van der Waals surface area contributed by atoms with Gasteiger partial charge in [-0.25, -0.2) is 0 Å². The van der Waals surface area contributed by atoms with Crippen molar-refractivity contribution in [2.24, 2.45) is 0 Å². The van der Waals surface area contributed by atoms with Crippen molar-refractivity contribution < 1.29 is 9.53 Å². The van der Waals surface area contributed by atoms with Crippen LogP contribution >= 0.6 is 22.6 Å². The highest BCUT2D eigenvalue weighted by Gasteiger charge is 2.11. The summed E-state index contributed by atoms with van der Waals surface area (Å²) in [7, 11) is 0. The number of aryl methyl sites for hydroxylation is 2. The Morgan fingerprint density at radius 2 is 1.87 bits per heavy atom. The van der Waals surface area contributed by atoms with Gasteiger partial charge in [-0.15, -0.1) is 0 Å². The third-order valence-corrected chi connectivity index (χ3v) is 5.57. The average molecular weight is 522 g/mol. The molecule has 0 bridgehead atoms. The van der Waals surface area contributed by atoms with Crippen molar-refractivity contribution in [3.05, 3.63) is 98.1 Å². The van der Waals surface area contributed by atoms with E-state index in [0.717, 1.165) is 26.9 Å². The van der Waals surface area contributed by atoms with E-state index in [0.29, 0.717) is 12.3 Å². The molecule has 0 aromatic heterocycles. The SMILES string of the molecule is CCc1ccc(NC(=O)/C(C#N)=C/c2ccc(OCc3cccc(C)c3)c(I)c2)cc1. The number of rotatable bonds is 7. The first kappa shape index (κ1) is 22.6. The first-order chi connectivity index (χ1) is 15.0. The summed E-state index contributed by atoms with van der Waals surface area (Å²) in [6.07, 6.45) is 2.52. The summed E-state index contributed by atoms with van der Waals surface area (Å²) in [6, 6.07) is 23.4. The molecule has 31 heavy (non-hydrogen) atoms. The summed E-state index contributed by atoms with van der Waals surface area (Å²) in [6.45, 7) is 4.61. The summed E-state index contributed by atoms with van der Waals surface area (Å²) >= 11 is 2.20. The normalized spacial score (nSPS) is 11.0. The molecule has 0 heterocycles. The maximum atomic E-state index is 12.5. The number of carbonyl (C=O) groups is 1. The van der Waals surface area contributed by atoms with Gasteiger partial charge in [-0.3, -0.25) is 4.79 Å². The minimum absolute atomic E-state index is 0.0452. The molecule has 0 saturated carbocycles. The fraction of sp³-hybridized carbons (Fsp3) is 0.154. The van der Waals surface area contributed by atoms with Crippen LogP contribution in [0.25, 0.3) is 6.08 Å². The fourth-order valence-corrected chi connectivity index (χ4v) is 3.72. The van der Waals surface area contributed by atoms with E-state index in [-0.39, 0.29) is 5.57 Å². The van der Waals surface area contributed by atoms with E-state index in [9.17, 15) is 10.1 Å². The number of hydrogen-bond donors (Lipinski definition) is 1. The number of benzene rings is 3. The first-order valence-electron chi connectivity index (χ1n) is 9.98. The van der Waals surface area contributed by atoms with E-state index < -0.39 is 5.91 Å². The Bertz CT molecular complexity index is 1140. The van der Waals surface area contributed by atoms with E-state index in [2.05, 4.69) is 53.9 Å². The molecular weight excluding hydrogens is 499 g/mol. The van der Waals surface area contributed by atoms with Gasteiger partial charge in [-0.1, -0.05) is 55.0 Å². The molecule has 3 aromatic rings. The highest BCUT2D eigenvalue weighted by atomic mass is 127. The van der Waals surface area contributed by atoms with E-state index in [1.54, 1.807) is 6.08 Å². The van der Waals surface area contributed by atoms with Crippen molar-refractivity contribution in [1.29, 1.82) is 5.26 Å². The molecular formula is C26H23IN2O2. The van der Waals surface area contributed by atoms with Gasteiger partial charge in [0.1, 0.15) is 24.0 Å². The number of carbonyl (C=O) groups excluding carboxylic acids is 1. The minimum Gasteiger partial charge on any atom is -0.488 e. The Balaban J connectivity index is 1.69. The number of nitriles is 1. The number of amides is 1. The molecule has 0 unspecified atom stereocenters. The molecule has 0 radical (unpaired) electrons.